The molecule has 7 heavy (non-hydrogen) atoms. The Balaban J connectivity index is 2.96. The summed E-state index contributed by atoms with van der Waals surface area (Å²) in [6.45, 7) is 0. The predicted molar refractivity (Wildman–Crippen MR) is 25.7 cm³/mol. The van der Waals surface area contributed by atoms with Gasteiger partial charge in [-0.1, -0.05) is 0 Å². The maximum atomic E-state index is 5.11. The number of aromatic nitrogens is 2. The molecule has 0 fully saturated rings. The van der Waals surface area contributed by atoms with Crippen molar-refractivity contribution in [3.8, 4) is 0 Å². The molecule has 0 unspecified atom stereocenters. The molecule has 1 rings (SSSR count). The van der Waals surface area contributed by atoms with Crippen molar-refractivity contribution in [1.82, 2.24) is 10.2 Å². The van der Waals surface area contributed by atoms with Gasteiger partial charge in [0.15, 0.2) is 6.21 Å². The van der Waals surface area contributed by atoms with Crippen LogP contribution in [0, 0.1) is 0 Å². The molecule has 3 heteroatoms. The first-order valence-electron chi connectivity index (χ1n) is 1.97. The number of rotatable bonds is 1. The molecule has 0 aliphatic heterocycles. The van der Waals surface area contributed by atoms with Crippen molar-refractivity contribution >= 4 is 6.21 Å². The summed E-state index contributed by atoms with van der Waals surface area (Å²) in [6, 6.07) is 0. The number of hydrogen-bond donors (Lipinski definition) is 2. The number of nitrogens with two attached hydrogens (primary N) is 1. The number of H-pyrrole nitrogens is 1. The molecule has 1 aromatic heterocycles. The van der Waals surface area contributed by atoms with Gasteiger partial charge in [0.1, 0.15) is 0 Å². The summed E-state index contributed by atoms with van der Waals surface area (Å²) in [7, 11) is 0. The minimum Gasteiger partial charge on any atom is -0.285 e. The van der Waals surface area contributed by atoms with Crippen LogP contribution in [0.25, 0.3) is 0 Å². The van der Waals surface area contributed by atoms with E-state index in [0.717, 1.165) is 5.56 Å². The molecule has 0 amide bonds. The van der Waals surface area contributed by atoms with E-state index in [0.29, 0.717) is 0 Å². The third-order valence-electron chi connectivity index (χ3n) is 0.712. The van der Waals surface area contributed by atoms with Gasteiger partial charge in [0.05, 0.1) is 11.8 Å². The van der Waals surface area contributed by atoms with Crippen molar-refractivity contribution < 1.29 is 5.41 Å². The molecule has 3 nitrogen and oxygen atoms in total. The van der Waals surface area contributed by atoms with Crippen LogP contribution in [0.15, 0.2) is 12.4 Å². The standard InChI is InChI=1S/C4H5N3/c5-1-4-2-6-7-3-4/h1-3,5H,(H,6,7)/p+1. The van der Waals surface area contributed by atoms with Crippen molar-refractivity contribution in [1.29, 1.82) is 0 Å². The molecular formula is C4H6N3+. The SMILES string of the molecule is [NH2+]=Cc1cn[nH]c1. The van der Waals surface area contributed by atoms with Crippen LogP contribution in [0.4, 0.5) is 0 Å². The first-order valence-corrected chi connectivity index (χ1v) is 1.97. The zero-order valence-electron chi connectivity index (χ0n) is 3.76. The van der Waals surface area contributed by atoms with Crippen LogP contribution in [0.5, 0.6) is 0 Å². The van der Waals surface area contributed by atoms with Gasteiger partial charge in [-0.15, -0.1) is 0 Å². The van der Waals surface area contributed by atoms with Gasteiger partial charge in [0, 0.05) is 6.20 Å². The van der Waals surface area contributed by atoms with Crippen LogP contribution >= 0.6 is 0 Å². The van der Waals surface area contributed by atoms with E-state index in [4.69, 9.17) is 5.41 Å². The van der Waals surface area contributed by atoms with Gasteiger partial charge in [-0.25, -0.2) is 0 Å². The highest BCUT2D eigenvalue weighted by molar-refractivity contribution is 5.73. The quantitative estimate of drug-likeness (QED) is 0.414. The average molecular weight is 96.1 g/mol. The van der Waals surface area contributed by atoms with Crippen LogP contribution in [0.2, 0.25) is 0 Å². The number of nitrogens with one attached hydrogen (secondary N) is 1. The topological polar surface area (TPSA) is 54.3 Å². The molecular weight excluding hydrogens is 90.1 g/mol. The highest BCUT2D eigenvalue weighted by Crippen LogP contribution is 1.81. The minimum absolute atomic E-state index is 0.917. The molecule has 1 aromatic rings. The summed E-state index contributed by atoms with van der Waals surface area (Å²) in [4.78, 5) is 0. The van der Waals surface area contributed by atoms with Crippen molar-refractivity contribution in [2.45, 2.75) is 0 Å². The second-order valence-electron chi connectivity index (χ2n) is 1.20. The van der Waals surface area contributed by atoms with Crippen LogP contribution in [0.3, 0.4) is 0 Å². The van der Waals surface area contributed by atoms with Gasteiger partial charge in [0.25, 0.3) is 0 Å². The summed E-state index contributed by atoms with van der Waals surface area (Å²) >= 11 is 0. The van der Waals surface area contributed by atoms with Gasteiger partial charge in [-0.3, -0.25) is 10.5 Å². The first kappa shape index (κ1) is 4.05. The number of aromatic amines is 1. The molecule has 0 aliphatic carbocycles. The minimum atomic E-state index is 0.917. The van der Waals surface area contributed by atoms with Gasteiger partial charge < -0.3 is 0 Å². The Kier molecular flexibility index (Phi) is 0.898. The van der Waals surface area contributed by atoms with E-state index in [9.17, 15) is 0 Å². The molecule has 0 radical (unpaired) electrons. The van der Waals surface area contributed by atoms with E-state index in [1.807, 2.05) is 0 Å². The van der Waals surface area contributed by atoms with E-state index < -0.39 is 0 Å². The summed E-state index contributed by atoms with van der Waals surface area (Å²) in [5.41, 5.74) is 0.917. The largest absolute Gasteiger partial charge is 0.285 e. The van der Waals surface area contributed by atoms with Gasteiger partial charge >= 0.3 is 0 Å². The summed E-state index contributed by atoms with van der Waals surface area (Å²) in [5.74, 6) is 0. The lowest BCUT2D eigenvalue weighted by molar-refractivity contribution is -0.104. The first-order chi connectivity index (χ1) is 3.43. The van der Waals surface area contributed by atoms with Crippen molar-refractivity contribution in [3.05, 3.63) is 18.0 Å². The normalized spacial score (nSPS) is 8.57. The highest BCUT2D eigenvalue weighted by Gasteiger charge is 1.84. The second kappa shape index (κ2) is 1.55. The van der Waals surface area contributed by atoms with Crippen LogP contribution in [-0.4, -0.2) is 16.4 Å². The van der Waals surface area contributed by atoms with Gasteiger partial charge in [-0.05, 0) is 0 Å². The fraction of sp³-hybridized carbons (Fsp3) is 0. The van der Waals surface area contributed by atoms with Gasteiger partial charge in [0.2, 0.25) is 0 Å². The monoisotopic (exact) mass is 96.1 g/mol. The molecule has 0 atom stereocenters. The number of nitrogens with zero attached hydrogens (tertiary/aromatic N) is 1. The Bertz CT molecular complexity index is 142. The molecule has 0 spiro atoms. The Hall–Kier alpha value is -1.12. The van der Waals surface area contributed by atoms with Crippen LogP contribution in [-0.2, 0) is 0 Å². The van der Waals surface area contributed by atoms with E-state index in [1.54, 1.807) is 12.4 Å². The Morgan fingerprint density at radius 3 is 3.00 bits per heavy atom. The lowest BCUT2D eigenvalue weighted by Gasteiger charge is -1.61. The van der Waals surface area contributed by atoms with Crippen LogP contribution in [0.1, 0.15) is 5.56 Å². The predicted octanol–water partition coefficient (Wildman–Crippen LogP) is -1.41. The van der Waals surface area contributed by atoms with Crippen molar-refractivity contribution in [2.75, 3.05) is 0 Å². The maximum absolute atomic E-state index is 5.11. The molecule has 0 bridgehead atoms. The fourth-order valence-electron chi connectivity index (χ4n) is 0.352. The Morgan fingerprint density at radius 2 is 2.71 bits per heavy atom. The highest BCUT2D eigenvalue weighted by atomic mass is 15.1. The average Bonchev–Trinajstić information content (AvgIpc) is 2.14. The lowest BCUT2D eigenvalue weighted by atomic mass is 10.4. The molecule has 0 saturated heterocycles. The summed E-state index contributed by atoms with van der Waals surface area (Å²) in [5, 5.41) is 11.4. The second-order valence-corrected chi connectivity index (χ2v) is 1.20. The van der Waals surface area contributed by atoms with E-state index >= 15 is 0 Å². The lowest BCUT2D eigenvalue weighted by Crippen LogP contribution is -2.29. The van der Waals surface area contributed by atoms with E-state index in [1.165, 1.54) is 6.21 Å². The number of hydrogen-bond acceptors (Lipinski definition) is 1. The maximum Gasteiger partial charge on any atom is 0.170 e. The molecule has 1 heterocycles. The van der Waals surface area contributed by atoms with E-state index in [-0.39, 0.29) is 0 Å². The van der Waals surface area contributed by atoms with Crippen LogP contribution < -0.4 is 5.41 Å². The third kappa shape index (κ3) is 0.652. The Labute approximate surface area is 40.9 Å². The smallest absolute Gasteiger partial charge is 0.170 e. The summed E-state index contributed by atoms with van der Waals surface area (Å²) in [6.07, 6.45) is 4.86. The molecule has 0 aliphatic rings. The fourth-order valence-corrected chi connectivity index (χ4v) is 0.352. The third-order valence-corrected chi connectivity index (χ3v) is 0.712. The van der Waals surface area contributed by atoms with Crippen molar-refractivity contribution in [2.24, 2.45) is 0 Å². The Morgan fingerprint density at radius 1 is 1.86 bits per heavy atom. The molecule has 0 aromatic carbocycles. The zero-order valence-corrected chi connectivity index (χ0v) is 3.76. The molecule has 3 N–H and O–H groups in total. The van der Waals surface area contributed by atoms with Crippen molar-refractivity contribution in [3.63, 3.8) is 0 Å². The summed E-state index contributed by atoms with van der Waals surface area (Å²) < 4.78 is 0. The zero-order chi connectivity index (χ0) is 5.11. The molecule has 0 saturated carbocycles. The van der Waals surface area contributed by atoms with E-state index in [2.05, 4.69) is 10.2 Å². The van der Waals surface area contributed by atoms with Gasteiger partial charge in [-0.2, -0.15) is 5.10 Å². The molecule has 36 valence electrons.